The molecule has 0 aromatic heterocycles. The molecule has 2 rings (SSSR count). The second-order valence-corrected chi connectivity index (χ2v) is 6.00. The third-order valence-electron chi connectivity index (χ3n) is 2.78. The summed E-state index contributed by atoms with van der Waals surface area (Å²) in [6.07, 6.45) is 0.421. The lowest BCUT2D eigenvalue weighted by Crippen LogP contribution is -2.34. The Balaban J connectivity index is 2.42. The summed E-state index contributed by atoms with van der Waals surface area (Å²) < 4.78 is 29.1. The van der Waals surface area contributed by atoms with E-state index in [1.54, 1.807) is 12.1 Å². The van der Waals surface area contributed by atoms with E-state index in [2.05, 4.69) is 5.32 Å². The summed E-state index contributed by atoms with van der Waals surface area (Å²) in [4.78, 5) is 0.269. The Morgan fingerprint density at radius 2 is 2.29 bits per heavy atom. The summed E-state index contributed by atoms with van der Waals surface area (Å²) in [5, 5.41) is 12.0. The molecule has 1 heterocycles. The van der Waals surface area contributed by atoms with Gasteiger partial charge in [0, 0.05) is 18.7 Å². The first kappa shape index (κ1) is 12.2. The molecule has 0 saturated heterocycles. The van der Waals surface area contributed by atoms with Gasteiger partial charge in [0.25, 0.3) is 0 Å². The Labute approximate surface area is 100 Å². The number of methoxy groups -OCH3 is 1. The molecule has 0 radical (unpaired) electrons. The van der Waals surface area contributed by atoms with E-state index in [-0.39, 0.29) is 23.3 Å². The van der Waals surface area contributed by atoms with Crippen LogP contribution in [-0.2, 0) is 9.84 Å². The first-order chi connectivity index (χ1) is 8.06. The molecule has 94 valence electrons. The average Bonchev–Trinajstić information content (AvgIpc) is 2.28. The topological polar surface area (TPSA) is 75.6 Å². The molecule has 1 atom stereocenters. The lowest BCUT2D eigenvalue weighted by atomic mass is 10.2. The fraction of sp³-hybridized carbons (Fsp3) is 0.455. The zero-order valence-corrected chi connectivity index (χ0v) is 10.3. The summed E-state index contributed by atoms with van der Waals surface area (Å²) in [6, 6.07) is 4.69. The molecular formula is C11H15NO4S. The van der Waals surface area contributed by atoms with Crippen LogP contribution < -0.4 is 10.1 Å². The van der Waals surface area contributed by atoms with Crippen molar-refractivity contribution in [1.29, 1.82) is 0 Å². The highest BCUT2D eigenvalue weighted by Gasteiger charge is 2.29. The van der Waals surface area contributed by atoms with E-state index in [4.69, 9.17) is 9.84 Å². The number of nitrogens with one attached hydrogen (secondary N) is 1. The Kier molecular flexibility index (Phi) is 3.26. The van der Waals surface area contributed by atoms with Crippen molar-refractivity contribution in [1.82, 2.24) is 0 Å². The summed E-state index contributed by atoms with van der Waals surface area (Å²) in [5.41, 5.74) is 0.579. The number of hydrogen-bond acceptors (Lipinski definition) is 5. The van der Waals surface area contributed by atoms with Gasteiger partial charge in [-0.15, -0.1) is 0 Å². The number of aliphatic hydroxyl groups excluding tert-OH is 1. The van der Waals surface area contributed by atoms with Crippen molar-refractivity contribution in [3.05, 3.63) is 18.2 Å². The molecule has 2 N–H and O–H groups in total. The van der Waals surface area contributed by atoms with Gasteiger partial charge in [-0.2, -0.15) is 0 Å². The molecule has 0 amide bonds. The van der Waals surface area contributed by atoms with Gasteiger partial charge in [-0.1, -0.05) is 0 Å². The van der Waals surface area contributed by atoms with E-state index >= 15 is 0 Å². The first-order valence-corrected chi connectivity index (χ1v) is 7.00. The number of ether oxygens (including phenoxy) is 1. The molecule has 0 aliphatic carbocycles. The smallest absolute Gasteiger partial charge is 0.182 e. The quantitative estimate of drug-likeness (QED) is 0.831. The van der Waals surface area contributed by atoms with Crippen molar-refractivity contribution in [2.24, 2.45) is 0 Å². The van der Waals surface area contributed by atoms with Gasteiger partial charge in [-0.05, 0) is 18.6 Å². The van der Waals surface area contributed by atoms with E-state index in [0.717, 1.165) is 0 Å². The van der Waals surface area contributed by atoms with Gasteiger partial charge in [0.15, 0.2) is 9.84 Å². The molecule has 0 fully saturated rings. The van der Waals surface area contributed by atoms with Crippen LogP contribution >= 0.6 is 0 Å². The third kappa shape index (κ3) is 2.37. The molecule has 5 nitrogen and oxygen atoms in total. The standard InChI is InChI=1S/C11H15NO4S/c1-16-9-2-3-10-11(6-9)17(14,15)7-8(12-10)4-5-13/h2-3,6,8,12-13H,4-5,7H2,1H3. The first-order valence-electron chi connectivity index (χ1n) is 5.35. The third-order valence-corrected chi connectivity index (χ3v) is 4.63. The lowest BCUT2D eigenvalue weighted by molar-refractivity contribution is 0.282. The summed E-state index contributed by atoms with van der Waals surface area (Å²) in [7, 11) is -1.80. The van der Waals surface area contributed by atoms with Crippen molar-refractivity contribution < 1.29 is 18.3 Å². The molecule has 1 aromatic rings. The lowest BCUT2D eigenvalue weighted by Gasteiger charge is -2.26. The largest absolute Gasteiger partial charge is 0.497 e. The van der Waals surface area contributed by atoms with Crippen molar-refractivity contribution >= 4 is 15.5 Å². The summed E-state index contributed by atoms with van der Waals surface area (Å²) in [6.45, 7) is -0.0291. The minimum absolute atomic E-state index is 0.00767. The Bertz CT molecular complexity index is 512. The molecule has 0 bridgehead atoms. The van der Waals surface area contributed by atoms with Crippen molar-refractivity contribution in [2.75, 3.05) is 24.8 Å². The number of anilines is 1. The number of sulfone groups is 1. The van der Waals surface area contributed by atoms with E-state index in [9.17, 15) is 8.42 Å². The van der Waals surface area contributed by atoms with Crippen LogP contribution in [0.1, 0.15) is 6.42 Å². The molecule has 1 unspecified atom stereocenters. The van der Waals surface area contributed by atoms with Gasteiger partial charge < -0.3 is 15.2 Å². The molecule has 1 aliphatic heterocycles. The maximum absolute atomic E-state index is 12.0. The van der Waals surface area contributed by atoms with Crippen molar-refractivity contribution in [3.63, 3.8) is 0 Å². The van der Waals surface area contributed by atoms with Crippen molar-refractivity contribution in [2.45, 2.75) is 17.4 Å². The monoisotopic (exact) mass is 257 g/mol. The fourth-order valence-corrected chi connectivity index (χ4v) is 3.65. The molecule has 0 spiro atoms. The Hall–Kier alpha value is -1.27. The Morgan fingerprint density at radius 3 is 2.94 bits per heavy atom. The van der Waals surface area contributed by atoms with Gasteiger partial charge in [-0.25, -0.2) is 8.42 Å². The highest BCUT2D eigenvalue weighted by molar-refractivity contribution is 7.91. The zero-order valence-electron chi connectivity index (χ0n) is 9.51. The molecular weight excluding hydrogens is 242 g/mol. The maximum atomic E-state index is 12.0. The second-order valence-electron chi connectivity index (χ2n) is 4.00. The molecule has 0 saturated carbocycles. The normalized spacial score (nSPS) is 21.4. The fourth-order valence-electron chi connectivity index (χ4n) is 1.93. The van der Waals surface area contributed by atoms with E-state index in [0.29, 0.717) is 17.9 Å². The number of fused-ring (bicyclic) bond motifs is 1. The van der Waals surface area contributed by atoms with Gasteiger partial charge >= 0.3 is 0 Å². The van der Waals surface area contributed by atoms with E-state index in [1.165, 1.54) is 13.2 Å². The molecule has 1 aliphatic rings. The van der Waals surface area contributed by atoms with Gasteiger partial charge in [0.1, 0.15) is 5.75 Å². The highest BCUT2D eigenvalue weighted by Crippen LogP contribution is 2.32. The molecule has 1 aromatic carbocycles. The van der Waals surface area contributed by atoms with Gasteiger partial charge in [0.05, 0.1) is 23.4 Å². The van der Waals surface area contributed by atoms with Gasteiger partial charge in [0.2, 0.25) is 0 Å². The average molecular weight is 257 g/mol. The minimum Gasteiger partial charge on any atom is -0.497 e. The highest BCUT2D eigenvalue weighted by atomic mass is 32.2. The van der Waals surface area contributed by atoms with Crippen LogP contribution in [0.2, 0.25) is 0 Å². The summed E-state index contributed by atoms with van der Waals surface area (Å²) in [5.74, 6) is 0.531. The van der Waals surface area contributed by atoms with Crippen LogP contribution in [0.25, 0.3) is 0 Å². The number of aliphatic hydroxyl groups is 1. The molecule has 17 heavy (non-hydrogen) atoms. The van der Waals surface area contributed by atoms with Crippen molar-refractivity contribution in [3.8, 4) is 5.75 Å². The van der Waals surface area contributed by atoms with Crippen LogP contribution in [0.15, 0.2) is 23.1 Å². The number of rotatable bonds is 3. The minimum atomic E-state index is -3.30. The SMILES string of the molecule is COc1ccc2c(c1)S(=O)(=O)CC(CCO)N2. The predicted molar refractivity (Wildman–Crippen MR) is 64.2 cm³/mol. The Morgan fingerprint density at radius 1 is 1.53 bits per heavy atom. The predicted octanol–water partition coefficient (Wildman–Crippen LogP) is 0.645. The van der Waals surface area contributed by atoms with E-state index < -0.39 is 9.84 Å². The maximum Gasteiger partial charge on any atom is 0.182 e. The van der Waals surface area contributed by atoms with Gasteiger partial charge in [-0.3, -0.25) is 0 Å². The molecule has 6 heteroatoms. The van der Waals surface area contributed by atoms with Crippen LogP contribution in [0.3, 0.4) is 0 Å². The number of hydrogen-bond donors (Lipinski definition) is 2. The van der Waals surface area contributed by atoms with Crippen LogP contribution in [0.5, 0.6) is 5.75 Å². The summed E-state index contributed by atoms with van der Waals surface area (Å²) >= 11 is 0. The van der Waals surface area contributed by atoms with Crippen LogP contribution in [0, 0.1) is 0 Å². The number of benzene rings is 1. The zero-order chi connectivity index (χ0) is 12.5. The van der Waals surface area contributed by atoms with Crippen LogP contribution in [0.4, 0.5) is 5.69 Å². The second kappa shape index (κ2) is 4.54. The van der Waals surface area contributed by atoms with E-state index in [1.807, 2.05) is 0 Å². The van der Waals surface area contributed by atoms with Crippen LogP contribution in [-0.4, -0.2) is 39.0 Å².